The molecule has 0 aliphatic carbocycles. The molecule has 14 heteroatoms. The number of benzene rings is 2. The number of carbonyl (C=O) groups excluding carboxylic acids is 2. The average Bonchev–Trinajstić information content (AvgIpc) is 3.55. The van der Waals surface area contributed by atoms with Crippen LogP contribution in [0.5, 0.6) is 0 Å². The average molecular weight is 650 g/mol. The van der Waals surface area contributed by atoms with Gasteiger partial charge >= 0.3 is 0 Å². The zero-order chi connectivity index (χ0) is 32.8. The monoisotopic (exact) mass is 649 g/mol. The summed E-state index contributed by atoms with van der Waals surface area (Å²) in [5.41, 5.74) is 2.02. The van der Waals surface area contributed by atoms with E-state index in [0.717, 1.165) is 48.3 Å². The Labute approximate surface area is 265 Å². The summed E-state index contributed by atoms with van der Waals surface area (Å²) in [6.45, 7) is 6.46. The molecule has 0 saturated carbocycles. The summed E-state index contributed by atoms with van der Waals surface area (Å²) in [5.74, 6) is -2.74. The number of likely N-dealkylation sites (N-methyl/N-ethyl adjacent to an activating group) is 1. The lowest BCUT2D eigenvalue weighted by Crippen LogP contribution is -2.44. The number of hydrogen-bond donors (Lipinski definition) is 2. The minimum Gasteiger partial charge on any atom is -0.369 e. The Hall–Kier alpha value is -4.53. The fourth-order valence-corrected chi connectivity index (χ4v) is 7.73. The number of H-pyrrole nitrogens is 1. The van der Waals surface area contributed by atoms with Crippen LogP contribution >= 0.6 is 0 Å². The zero-order valence-corrected chi connectivity index (χ0v) is 26.4. The molecule has 2 aromatic heterocycles. The lowest BCUT2D eigenvalue weighted by Gasteiger charge is -2.34. The molecule has 0 bridgehead atoms. The summed E-state index contributed by atoms with van der Waals surface area (Å²) in [6.07, 6.45) is 2.86. The largest absolute Gasteiger partial charge is 0.369 e. The van der Waals surface area contributed by atoms with E-state index in [0.29, 0.717) is 34.3 Å². The van der Waals surface area contributed by atoms with Crippen LogP contribution in [0.1, 0.15) is 51.5 Å². The highest BCUT2D eigenvalue weighted by atomic mass is 32.2. The summed E-state index contributed by atoms with van der Waals surface area (Å²) in [4.78, 5) is 34.9. The van der Waals surface area contributed by atoms with Crippen LogP contribution in [-0.4, -0.2) is 77.7 Å². The topological polar surface area (TPSA) is 132 Å². The SMILES string of the molecule is CN1CCN(c2ccc(C(=O)Cc3[nH]nc4c3CN(S(=O)(=O)c3cc(F)cc(F)c3)C4(C)C)c(NC(=O)c3ccncc3)c2)CC1. The first kappa shape index (κ1) is 31.5. The Morgan fingerprint density at radius 3 is 2.33 bits per heavy atom. The number of aromatic nitrogens is 3. The van der Waals surface area contributed by atoms with Crippen molar-refractivity contribution in [1.82, 2.24) is 24.4 Å². The maximum atomic E-state index is 14.0. The van der Waals surface area contributed by atoms with E-state index in [1.165, 1.54) is 12.4 Å². The van der Waals surface area contributed by atoms with Crippen LogP contribution in [0.25, 0.3) is 0 Å². The molecule has 0 radical (unpaired) electrons. The smallest absolute Gasteiger partial charge is 0.255 e. The van der Waals surface area contributed by atoms with Gasteiger partial charge in [-0.3, -0.25) is 19.7 Å². The van der Waals surface area contributed by atoms with Crippen LogP contribution in [0, 0.1) is 11.6 Å². The van der Waals surface area contributed by atoms with Crippen molar-refractivity contribution in [3.63, 3.8) is 0 Å². The van der Waals surface area contributed by atoms with Crippen LogP contribution in [0.4, 0.5) is 20.2 Å². The number of carbonyl (C=O) groups is 2. The number of anilines is 2. The molecule has 2 N–H and O–H groups in total. The van der Waals surface area contributed by atoms with E-state index in [4.69, 9.17) is 0 Å². The molecular weight excluding hydrogens is 616 g/mol. The lowest BCUT2D eigenvalue weighted by atomic mass is 9.98. The highest BCUT2D eigenvalue weighted by Gasteiger charge is 2.48. The number of fused-ring (bicyclic) bond motifs is 1. The lowest BCUT2D eigenvalue weighted by molar-refractivity contribution is 0.0992. The van der Waals surface area contributed by atoms with E-state index in [-0.39, 0.29) is 24.3 Å². The number of piperazine rings is 1. The van der Waals surface area contributed by atoms with Gasteiger partial charge in [-0.25, -0.2) is 17.2 Å². The number of sulfonamides is 1. The van der Waals surface area contributed by atoms with Crippen molar-refractivity contribution in [3.8, 4) is 0 Å². The van der Waals surface area contributed by atoms with Crippen LogP contribution in [-0.2, 0) is 28.5 Å². The molecular formula is C32H33F2N7O4S. The summed E-state index contributed by atoms with van der Waals surface area (Å²) >= 11 is 0. The number of aromatic amines is 1. The Morgan fingerprint density at radius 1 is 0.978 bits per heavy atom. The predicted octanol–water partition coefficient (Wildman–Crippen LogP) is 3.95. The molecule has 46 heavy (non-hydrogen) atoms. The molecule has 2 aliphatic rings. The summed E-state index contributed by atoms with van der Waals surface area (Å²) in [6, 6.07) is 10.6. The summed E-state index contributed by atoms with van der Waals surface area (Å²) < 4.78 is 56.1. The number of pyridine rings is 1. The molecule has 6 rings (SSSR count). The first-order chi connectivity index (χ1) is 21.8. The highest BCUT2D eigenvalue weighted by molar-refractivity contribution is 7.89. The second-order valence-electron chi connectivity index (χ2n) is 12.0. The van der Waals surface area contributed by atoms with Crippen molar-refractivity contribution in [1.29, 1.82) is 0 Å². The van der Waals surface area contributed by atoms with E-state index in [1.807, 2.05) is 6.07 Å². The quantitative estimate of drug-likeness (QED) is 0.275. The fourth-order valence-electron chi connectivity index (χ4n) is 5.97. The van der Waals surface area contributed by atoms with Crippen LogP contribution in [0.15, 0.2) is 65.8 Å². The number of halogens is 2. The Kier molecular flexibility index (Phi) is 8.21. The van der Waals surface area contributed by atoms with Gasteiger partial charge in [-0.05, 0) is 63.4 Å². The molecule has 1 saturated heterocycles. The maximum absolute atomic E-state index is 14.0. The third-order valence-electron chi connectivity index (χ3n) is 8.58. The molecule has 240 valence electrons. The number of rotatable bonds is 8. The van der Waals surface area contributed by atoms with Crippen molar-refractivity contribution in [2.24, 2.45) is 0 Å². The molecule has 0 spiro atoms. The molecule has 2 aromatic carbocycles. The van der Waals surface area contributed by atoms with Crippen molar-refractivity contribution in [2.45, 2.75) is 37.2 Å². The maximum Gasteiger partial charge on any atom is 0.255 e. The minimum absolute atomic E-state index is 0.157. The number of Topliss-reactive ketones (excluding diaryl/α,β-unsaturated/α-hetero) is 1. The van der Waals surface area contributed by atoms with E-state index in [9.17, 15) is 26.8 Å². The summed E-state index contributed by atoms with van der Waals surface area (Å²) in [5, 5.41) is 10.2. The number of nitrogens with one attached hydrogen (secondary N) is 2. The van der Waals surface area contributed by atoms with Crippen molar-refractivity contribution in [2.75, 3.05) is 43.4 Å². The number of hydrogen-bond acceptors (Lipinski definition) is 8. The molecule has 0 unspecified atom stereocenters. The molecule has 4 heterocycles. The summed E-state index contributed by atoms with van der Waals surface area (Å²) in [7, 11) is -2.28. The predicted molar refractivity (Wildman–Crippen MR) is 167 cm³/mol. The van der Waals surface area contributed by atoms with Crippen molar-refractivity contribution in [3.05, 3.63) is 101 Å². The van der Waals surface area contributed by atoms with Crippen LogP contribution in [0.3, 0.4) is 0 Å². The van der Waals surface area contributed by atoms with Gasteiger partial charge in [-0.2, -0.15) is 9.40 Å². The van der Waals surface area contributed by atoms with Crippen LogP contribution < -0.4 is 10.2 Å². The van der Waals surface area contributed by atoms with E-state index in [1.54, 1.807) is 38.1 Å². The molecule has 1 fully saturated rings. The van der Waals surface area contributed by atoms with E-state index in [2.05, 4.69) is 37.3 Å². The third kappa shape index (κ3) is 5.90. The van der Waals surface area contributed by atoms with Crippen LogP contribution in [0.2, 0.25) is 0 Å². The number of ketones is 1. The van der Waals surface area contributed by atoms with Gasteiger partial charge in [0.05, 0.1) is 28.2 Å². The van der Waals surface area contributed by atoms with Gasteiger partial charge in [0, 0.05) is 79.3 Å². The van der Waals surface area contributed by atoms with Gasteiger partial charge in [-0.15, -0.1) is 0 Å². The number of nitrogens with zero attached hydrogens (tertiary/aromatic N) is 5. The van der Waals surface area contributed by atoms with Crippen molar-refractivity contribution < 1.29 is 26.8 Å². The molecule has 0 atom stereocenters. The fraction of sp³-hybridized carbons (Fsp3) is 0.312. The second-order valence-corrected chi connectivity index (χ2v) is 13.9. The first-order valence-electron chi connectivity index (χ1n) is 14.7. The molecule has 1 amide bonds. The van der Waals surface area contributed by atoms with Gasteiger partial charge < -0.3 is 15.1 Å². The first-order valence-corrected chi connectivity index (χ1v) is 16.2. The Bertz CT molecular complexity index is 1900. The third-order valence-corrected chi connectivity index (χ3v) is 10.6. The standard InChI is InChI=1S/C32H33F2N7O4S/c1-32(2)30-26(19-41(32)46(44,45)24-15-21(33)14-22(34)16-24)28(37-38-30)18-29(42)25-5-4-23(40-12-10-39(3)11-13-40)17-27(25)36-31(43)20-6-8-35-9-7-20/h4-9,14-17H,10-13,18-19H2,1-3H3,(H,36,43)(H,37,38). The van der Waals surface area contributed by atoms with Gasteiger partial charge in [0.15, 0.2) is 5.78 Å². The van der Waals surface area contributed by atoms with Gasteiger partial charge in [-0.1, -0.05) is 0 Å². The van der Waals surface area contributed by atoms with E-state index < -0.39 is 38.0 Å². The molecule has 11 nitrogen and oxygen atoms in total. The second kappa shape index (κ2) is 12.0. The number of amides is 1. The van der Waals surface area contributed by atoms with Gasteiger partial charge in [0.1, 0.15) is 11.6 Å². The minimum atomic E-state index is -4.34. The Balaban J connectivity index is 1.29. The normalized spacial score (nSPS) is 16.8. The van der Waals surface area contributed by atoms with Gasteiger partial charge in [0.25, 0.3) is 5.91 Å². The zero-order valence-electron chi connectivity index (χ0n) is 25.5. The van der Waals surface area contributed by atoms with Gasteiger partial charge in [0.2, 0.25) is 10.0 Å². The van der Waals surface area contributed by atoms with E-state index >= 15 is 0 Å². The molecule has 4 aromatic rings. The Morgan fingerprint density at radius 2 is 1.65 bits per heavy atom. The molecule has 2 aliphatic heterocycles. The van der Waals surface area contributed by atoms with Crippen molar-refractivity contribution >= 4 is 33.1 Å². The highest BCUT2D eigenvalue weighted by Crippen LogP contribution is 2.43.